The van der Waals surface area contributed by atoms with Crippen molar-refractivity contribution in [2.75, 3.05) is 13.1 Å². The van der Waals surface area contributed by atoms with E-state index in [4.69, 9.17) is 0 Å². The lowest BCUT2D eigenvalue weighted by atomic mass is 9.99. The predicted molar refractivity (Wildman–Crippen MR) is 57.0 cm³/mol. The predicted octanol–water partition coefficient (Wildman–Crippen LogP) is 1.95. The summed E-state index contributed by atoms with van der Waals surface area (Å²) in [5.74, 6) is 1.93. The number of H-pyrrole nitrogens is 1. The van der Waals surface area contributed by atoms with Gasteiger partial charge in [-0.1, -0.05) is 6.92 Å². The minimum absolute atomic E-state index is 0.912. The number of nitrogens with zero attached hydrogens (tertiary/aromatic N) is 2. The molecule has 0 bridgehead atoms. The molecule has 78 valence electrons. The zero-order chi connectivity index (χ0) is 9.97. The first-order valence-corrected chi connectivity index (χ1v) is 5.47. The Morgan fingerprint density at radius 1 is 1.50 bits per heavy atom. The molecular formula is C11H19N3. The molecule has 1 saturated heterocycles. The van der Waals surface area contributed by atoms with Gasteiger partial charge in [-0.05, 0) is 38.8 Å². The molecule has 0 saturated carbocycles. The van der Waals surface area contributed by atoms with Crippen molar-refractivity contribution in [3.8, 4) is 0 Å². The molecule has 1 aliphatic rings. The van der Waals surface area contributed by atoms with E-state index in [0.29, 0.717) is 0 Å². The lowest BCUT2D eigenvalue weighted by molar-refractivity contribution is 0.183. The Labute approximate surface area is 85.5 Å². The highest BCUT2D eigenvalue weighted by Gasteiger charge is 2.15. The first-order chi connectivity index (χ1) is 6.74. The van der Waals surface area contributed by atoms with Gasteiger partial charge in [-0.3, -0.25) is 4.90 Å². The van der Waals surface area contributed by atoms with E-state index >= 15 is 0 Å². The summed E-state index contributed by atoms with van der Waals surface area (Å²) in [7, 11) is 0. The van der Waals surface area contributed by atoms with E-state index in [-0.39, 0.29) is 0 Å². The first kappa shape index (κ1) is 9.71. The van der Waals surface area contributed by atoms with E-state index in [1.54, 1.807) is 0 Å². The zero-order valence-electron chi connectivity index (χ0n) is 9.08. The van der Waals surface area contributed by atoms with E-state index in [0.717, 1.165) is 18.3 Å². The van der Waals surface area contributed by atoms with Crippen molar-refractivity contribution in [3.05, 3.63) is 17.7 Å². The van der Waals surface area contributed by atoms with Crippen molar-refractivity contribution >= 4 is 0 Å². The normalized spacial score (nSPS) is 20.1. The second-order valence-electron chi connectivity index (χ2n) is 4.45. The number of aromatic amines is 1. The maximum absolute atomic E-state index is 4.21. The monoisotopic (exact) mass is 193 g/mol. The minimum atomic E-state index is 0.912. The van der Waals surface area contributed by atoms with Gasteiger partial charge >= 0.3 is 0 Å². The average Bonchev–Trinajstić information content (AvgIpc) is 2.56. The fourth-order valence-electron chi connectivity index (χ4n) is 2.01. The van der Waals surface area contributed by atoms with Gasteiger partial charge in [0.1, 0.15) is 5.82 Å². The minimum Gasteiger partial charge on any atom is -0.345 e. The maximum atomic E-state index is 4.21. The fourth-order valence-corrected chi connectivity index (χ4v) is 2.01. The number of likely N-dealkylation sites (tertiary alicyclic amines) is 1. The second-order valence-corrected chi connectivity index (χ2v) is 4.45. The summed E-state index contributed by atoms with van der Waals surface area (Å²) in [4.78, 5) is 10.0. The molecule has 1 aliphatic heterocycles. The van der Waals surface area contributed by atoms with Crippen LogP contribution in [0.15, 0.2) is 6.20 Å². The number of aromatic nitrogens is 2. The van der Waals surface area contributed by atoms with Crippen LogP contribution in [-0.4, -0.2) is 28.0 Å². The molecule has 2 heterocycles. The van der Waals surface area contributed by atoms with E-state index in [2.05, 4.69) is 21.8 Å². The molecule has 0 spiro atoms. The second kappa shape index (κ2) is 4.13. The van der Waals surface area contributed by atoms with Crippen LogP contribution in [0.3, 0.4) is 0 Å². The van der Waals surface area contributed by atoms with Gasteiger partial charge in [0, 0.05) is 18.4 Å². The summed E-state index contributed by atoms with van der Waals surface area (Å²) in [5.41, 5.74) is 1.25. The highest BCUT2D eigenvalue weighted by molar-refractivity contribution is 4.99. The van der Waals surface area contributed by atoms with Crippen LogP contribution in [0.5, 0.6) is 0 Å². The Kier molecular flexibility index (Phi) is 2.87. The SMILES string of the molecule is Cc1ncc(CN2CCC(C)CC2)[nH]1. The van der Waals surface area contributed by atoms with Crippen LogP contribution in [0.1, 0.15) is 31.3 Å². The largest absolute Gasteiger partial charge is 0.345 e. The number of hydrogen-bond donors (Lipinski definition) is 1. The summed E-state index contributed by atoms with van der Waals surface area (Å²) in [6, 6.07) is 0. The van der Waals surface area contributed by atoms with Crippen molar-refractivity contribution in [2.45, 2.75) is 33.2 Å². The summed E-state index contributed by atoms with van der Waals surface area (Å²) in [6.07, 6.45) is 4.63. The molecule has 1 aromatic rings. The smallest absolute Gasteiger partial charge is 0.103 e. The molecule has 3 heteroatoms. The van der Waals surface area contributed by atoms with E-state index in [9.17, 15) is 0 Å². The molecule has 14 heavy (non-hydrogen) atoms. The van der Waals surface area contributed by atoms with E-state index in [1.165, 1.54) is 31.6 Å². The lowest BCUT2D eigenvalue weighted by Crippen LogP contribution is -2.32. The lowest BCUT2D eigenvalue weighted by Gasteiger charge is -2.29. The van der Waals surface area contributed by atoms with Crippen molar-refractivity contribution < 1.29 is 0 Å². The van der Waals surface area contributed by atoms with Crippen LogP contribution >= 0.6 is 0 Å². The summed E-state index contributed by atoms with van der Waals surface area (Å²) < 4.78 is 0. The van der Waals surface area contributed by atoms with E-state index < -0.39 is 0 Å². The average molecular weight is 193 g/mol. The van der Waals surface area contributed by atoms with Gasteiger partial charge in [0.05, 0.1) is 0 Å². The highest BCUT2D eigenvalue weighted by Crippen LogP contribution is 2.17. The van der Waals surface area contributed by atoms with Crippen LogP contribution in [-0.2, 0) is 6.54 Å². The Morgan fingerprint density at radius 3 is 2.79 bits per heavy atom. The third-order valence-electron chi connectivity index (χ3n) is 3.03. The van der Waals surface area contributed by atoms with Crippen LogP contribution in [0.4, 0.5) is 0 Å². The molecule has 1 aromatic heterocycles. The van der Waals surface area contributed by atoms with Crippen molar-refractivity contribution in [1.82, 2.24) is 14.9 Å². The third kappa shape index (κ3) is 2.35. The molecule has 0 aliphatic carbocycles. The van der Waals surface area contributed by atoms with Gasteiger partial charge < -0.3 is 4.98 Å². The van der Waals surface area contributed by atoms with Crippen LogP contribution in [0.2, 0.25) is 0 Å². The number of aryl methyl sites for hydroxylation is 1. The Bertz CT molecular complexity index is 284. The molecule has 2 rings (SSSR count). The summed E-state index contributed by atoms with van der Waals surface area (Å²) in [6.45, 7) is 7.85. The zero-order valence-corrected chi connectivity index (χ0v) is 9.08. The van der Waals surface area contributed by atoms with Gasteiger partial charge in [-0.2, -0.15) is 0 Å². The molecule has 0 aromatic carbocycles. The molecule has 0 radical (unpaired) electrons. The van der Waals surface area contributed by atoms with Crippen LogP contribution in [0, 0.1) is 12.8 Å². The van der Waals surface area contributed by atoms with Gasteiger partial charge in [0.25, 0.3) is 0 Å². The highest BCUT2D eigenvalue weighted by atomic mass is 15.1. The number of rotatable bonds is 2. The number of imidazole rings is 1. The first-order valence-electron chi connectivity index (χ1n) is 5.47. The molecule has 1 fully saturated rings. The van der Waals surface area contributed by atoms with Crippen molar-refractivity contribution in [1.29, 1.82) is 0 Å². The van der Waals surface area contributed by atoms with Crippen LogP contribution < -0.4 is 0 Å². The quantitative estimate of drug-likeness (QED) is 0.778. The van der Waals surface area contributed by atoms with Gasteiger partial charge in [0.15, 0.2) is 0 Å². The molecule has 3 nitrogen and oxygen atoms in total. The van der Waals surface area contributed by atoms with Gasteiger partial charge in [-0.15, -0.1) is 0 Å². The number of nitrogens with one attached hydrogen (secondary N) is 1. The molecular weight excluding hydrogens is 174 g/mol. The number of piperidine rings is 1. The van der Waals surface area contributed by atoms with Gasteiger partial charge in [0.2, 0.25) is 0 Å². The standard InChI is InChI=1S/C11H19N3/c1-9-3-5-14(6-4-9)8-11-7-12-10(2)13-11/h7,9H,3-6,8H2,1-2H3,(H,12,13). The Balaban J connectivity index is 1.86. The molecule has 0 atom stereocenters. The van der Waals surface area contributed by atoms with Gasteiger partial charge in [-0.25, -0.2) is 4.98 Å². The number of hydrogen-bond acceptors (Lipinski definition) is 2. The van der Waals surface area contributed by atoms with E-state index in [1.807, 2.05) is 13.1 Å². The summed E-state index contributed by atoms with van der Waals surface area (Å²) >= 11 is 0. The summed E-state index contributed by atoms with van der Waals surface area (Å²) in [5, 5.41) is 0. The Morgan fingerprint density at radius 2 is 2.21 bits per heavy atom. The Hall–Kier alpha value is -0.830. The molecule has 0 unspecified atom stereocenters. The van der Waals surface area contributed by atoms with Crippen molar-refractivity contribution in [3.63, 3.8) is 0 Å². The van der Waals surface area contributed by atoms with Crippen LogP contribution in [0.25, 0.3) is 0 Å². The van der Waals surface area contributed by atoms with Crippen molar-refractivity contribution in [2.24, 2.45) is 5.92 Å². The molecule has 0 amide bonds. The third-order valence-corrected chi connectivity index (χ3v) is 3.03. The fraction of sp³-hybridized carbons (Fsp3) is 0.727. The maximum Gasteiger partial charge on any atom is 0.103 e. The topological polar surface area (TPSA) is 31.9 Å². The molecule has 1 N–H and O–H groups in total.